The van der Waals surface area contributed by atoms with Crippen molar-refractivity contribution in [3.63, 3.8) is 0 Å². The van der Waals surface area contributed by atoms with Gasteiger partial charge < -0.3 is 24.5 Å². The number of halogens is 1. The van der Waals surface area contributed by atoms with E-state index in [1.807, 2.05) is 13.8 Å². The Bertz CT molecular complexity index is 1530. The van der Waals surface area contributed by atoms with Crippen molar-refractivity contribution in [1.29, 1.82) is 0 Å². The van der Waals surface area contributed by atoms with Gasteiger partial charge in [-0.2, -0.15) is 15.0 Å². The van der Waals surface area contributed by atoms with Crippen LogP contribution in [0.15, 0.2) is 18.2 Å². The summed E-state index contributed by atoms with van der Waals surface area (Å²) in [5.74, 6) is 0.343. The number of carbonyl (C=O) groups is 1. The number of morpholine rings is 1. The lowest BCUT2D eigenvalue weighted by molar-refractivity contribution is -0.136. The summed E-state index contributed by atoms with van der Waals surface area (Å²) in [5, 5.41) is 10.0. The van der Waals surface area contributed by atoms with E-state index in [2.05, 4.69) is 56.7 Å². The van der Waals surface area contributed by atoms with Crippen molar-refractivity contribution < 1.29 is 14.6 Å². The highest BCUT2D eigenvalue weighted by atomic mass is 35.5. The molecule has 5 heterocycles. The summed E-state index contributed by atoms with van der Waals surface area (Å²) in [6.07, 6.45) is 2.91. The van der Waals surface area contributed by atoms with E-state index in [0.29, 0.717) is 31.7 Å². The lowest BCUT2D eigenvalue weighted by atomic mass is 9.82. The van der Waals surface area contributed by atoms with Crippen LogP contribution in [0.5, 0.6) is 0 Å². The molecule has 1 N–H and O–H groups in total. The molecule has 0 radical (unpaired) electrons. The van der Waals surface area contributed by atoms with Crippen LogP contribution in [-0.2, 0) is 28.9 Å². The molecule has 0 aliphatic carbocycles. The Hall–Kier alpha value is -3.50. The zero-order valence-corrected chi connectivity index (χ0v) is 26.2. The minimum absolute atomic E-state index is 0.0395. The molecule has 2 aromatic heterocycles. The average Bonchev–Trinajstić information content (AvgIpc) is 2.98. The molecule has 0 spiro atoms. The summed E-state index contributed by atoms with van der Waals surface area (Å²) >= 11 is 6.35. The number of ether oxygens (including phenoxy) is 1. The summed E-state index contributed by atoms with van der Waals surface area (Å²) in [6.45, 7) is 14.6. The zero-order chi connectivity index (χ0) is 30.3. The zero-order valence-electron chi connectivity index (χ0n) is 25.5. The normalized spacial score (nSPS) is 18.5. The summed E-state index contributed by atoms with van der Waals surface area (Å²) in [7, 11) is 0. The van der Waals surface area contributed by atoms with E-state index in [4.69, 9.17) is 26.3 Å². The Kier molecular flexibility index (Phi) is 8.17. The number of aromatic nitrogens is 4. The van der Waals surface area contributed by atoms with Crippen molar-refractivity contribution in [1.82, 2.24) is 19.9 Å². The number of carboxylic acid groups (broad SMARTS) is 1. The number of benzene rings is 1. The minimum Gasteiger partial charge on any atom is -0.481 e. The number of rotatable bonds is 6. The monoisotopic (exact) mass is 605 g/mol. The van der Waals surface area contributed by atoms with Gasteiger partial charge in [0.25, 0.3) is 0 Å². The molecule has 3 aliphatic heterocycles. The molecule has 2 saturated heterocycles. The molecule has 3 aliphatic rings. The Balaban J connectivity index is 1.33. The number of pyridine rings is 1. The second-order valence-electron chi connectivity index (χ2n) is 12.7. The molecule has 6 rings (SSSR count). The quantitative estimate of drug-likeness (QED) is 0.419. The molecule has 0 unspecified atom stereocenters. The number of fused-ring (bicyclic) bond motifs is 1. The van der Waals surface area contributed by atoms with Gasteiger partial charge >= 0.3 is 5.97 Å². The summed E-state index contributed by atoms with van der Waals surface area (Å²) < 4.78 is 5.48. The first-order valence-electron chi connectivity index (χ1n) is 15.2. The van der Waals surface area contributed by atoms with Gasteiger partial charge in [-0.1, -0.05) is 32.0 Å². The minimum atomic E-state index is -0.834. The van der Waals surface area contributed by atoms with Crippen LogP contribution >= 0.6 is 11.6 Å². The van der Waals surface area contributed by atoms with Gasteiger partial charge in [0.05, 0.1) is 25.3 Å². The first kappa shape index (κ1) is 29.6. The molecule has 0 amide bonds. The van der Waals surface area contributed by atoms with Crippen molar-refractivity contribution in [3.8, 4) is 11.1 Å². The fourth-order valence-electron chi connectivity index (χ4n) is 6.52. The first-order valence-corrected chi connectivity index (χ1v) is 15.5. The van der Waals surface area contributed by atoms with Gasteiger partial charge in [0.1, 0.15) is 0 Å². The molecule has 43 heavy (non-hydrogen) atoms. The van der Waals surface area contributed by atoms with E-state index in [9.17, 15) is 9.90 Å². The van der Waals surface area contributed by atoms with Crippen LogP contribution in [0, 0.1) is 19.3 Å². The SMILES string of the molecule is Cc1nc(C)c(-c2ccc3c(c2)CCN(c2nc(Cl)nc(N4CCOCC4)n2)C3)c(N2CCC(C)(C)CC2)c1CC(=O)O. The number of anilines is 3. The standard InChI is InChI=1S/C32H40ClN7O3/c1-20-25(18-26(41)42)28(38-11-8-32(3,4)9-12-38)27(21(2)34-20)23-5-6-24-19-40(10-7-22(24)17-23)31-36-29(33)35-30(37-31)39-13-15-43-16-14-39/h5-6,17H,7-16,18-19H2,1-4H3,(H,41,42). The van der Waals surface area contributed by atoms with E-state index in [1.54, 1.807) is 0 Å². The maximum absolute atomic E-state index is 12.0. The lowest BCUT2D eigenvalue weighted by Gasteiger charge is -2.40. The third kappa shape index (κ3) is 6.26. The average molecular weight is 606 g/mol. The highest BCUT2D eigenvalue weighted by Crippen LogP contribution is 2.42. The molecular formula is C32H40ClN7O3. The number of nitrogens with zero attached hydrogens (tertiary/aromatic N) is 7. The van der Waals surface area contributed by atoms with Crippen LogP contribution in [0.4, 0.5) is 17.6 Å². The van der Waals surface area contributed by atoms with Gasteiger partial charge in [0.15, 0.2) is 0 Å². The number of piperidine rings is 1. The van der Waals surface area contributed by atoms with Crippen molar-refractivity contribution in [3.05, 3.63) is 51.6 Å². The fourth-order valence-corrected chi connectivity index (χ4v) is 6.67. The second-order valence-corrected chi connectivity index (χ2v) is 13.0. The predicted molar refractivity (Wildman–Crippen MR) is 168 cm³/mol. The number of hydrogen-bond donors (Lipinski definition) is 1. The van der Waals surface area contributed by atoms with E-state index < -0.39 is 5.97 Å². The topological polar surface area (TPSA) is 108 Å². The summed E-state index contributed by atoms with van der Waals surface area (Å²) in [4.78, 5) is 37.1. The third-order valence-corrected chi connectivity index (χ3v) is 9.26. The van der Waals surface area contributed by atoms with Gasteiger partial charge in [0, 0.05) is 61.8 Å². The molecule has 1 aromatic carbocycles. The van der Waals surface area contributed by atoms with Gasteiger partial charge in [-0.05, 0) is 66.8 Å². The van der Waals surface area contributed by atoms with E-state index in [0.717, 1.165) is 85.8 Å². The maximum atomic E-state index is 12.0. The fraction of sp³-hybridized carbons (Fsp3) is 0.531. The molecule has 0 bridgehead atoms. The van der Waals surface area contributed by atoms with E-state index in [1.165, 1.54) is 11.1 Å². The molecule has 10 nitrogen and oxygen atoms in total. The Labute approximate surface area is 258 Å². The van der Waals surface area contributed by atoms with Crippen LogP contribution < -0.4 is 14.7 Å². The lowest BCUT2D eigenvalue weighted by Crippen LogP contribution is -2.38. The van der Waals surface area contributed by atoms with Crippen LogP contribution in [0.2, 0.25) is 5.28 Å². The summed E-state index contributed by atoms with van der Waals surface area (Å²) in [6, 6.07) is 6.61. The van der Waals surface area contributed by atoms with E-state index >= 15 is 0 Å². The van der Waals surface area contributed by atoms with Crippen LogP contribution in [-0.4, -0.2) is 76.9 Å². The van der Waals surface area contributed by atoms with Gasteiger partial charge in [-0.3, -0.25) is 9.78 Å². The van der Waals surface area contributed by atoms with Crippen molar-refractivity contribution >= 4 is 35.2 Å². The summed E-state index contributed by atoms with van der Waals surface area (Å²) in [5.41, 5.74) is 8.48. The third-order valence-electron chi connectivity index (χ3n) is 9.09. The predicted octanol–water partition coefficient (Wildman–Crippen LogP) is 4.86. The van der Waals surface area contributed by atoms with Crippen molar-refractivity contribution in [2.75, 3.05) is 60.6 Å². The highest BCUT2D eigenvalue weighted by Gasteiger charge is 2.31. The number of carboxylic acids is 1. The van der Waals surface area contributed by atoms with E-state index in [-0.39, 0.29) is 17.1 Å². The molecule has 0 saturated carbocycles. The highest BCUT2D eigenvalue weighted by molar-refractivity contribution is 6.28. The second kappa shape index (κ2) is 11.9. The number of hydrogen-bond acceptors (Lipinski definition) is 9. The number of aryl methyl sites for hydroxylation is 2. The Morgan fingerprint density at radius 3 is 2.30 bits per heavy atom. The molecular weight excluding hydrogens is 566 g/mol. The van der Waals surface area contributed by atoms with Crippen LogP contribution in [0.25, 0.3) is 11.1 Å². The smallest absolute Gasteiger partial charge is 0.307 e. The largest absolute Gasteiger partial charge is 0.481 e. The molecule has 0 atom stereocenters. The van der Waals surface area contributed by atoms with Gasteiger partial charge in [0.2, 0.25) is 17.2 Å². The molecule has 11 heteroatoms. The molecule has 228 valence electrons. The van der Waals surface area contributed by atoms with Crippen molar-refractivity contribution in [2.24, 2.45) is 5.41 Å². The Morgan fingerprint density at radius 1 is 0.907 bits per heavy atom. The van der Waals surface area contributed by atoms with Crippen LogP contribution in [0.3, 0.4) is 0 Å². The first-order chi connectivity index (χ1) is 20.6. The Morgan fingerprint density at radius 2 is 1.60 bits per heavy atom. The molecule has 2 fully saturated rings. The number of aliphatic carboxylic acids is 1. The maximum Gasteiger partial charge on any atom is 0.307 e. The molecule has 3 aromatic rings. The van der Waals surface area contributed by atoms with Crippen molar-refractivity contribution in [2.45, 2.75) is 59.9 Å². The van der Waals surface area contributed by atoms with Gasteiger partial charge in [-0.15, -0.1) is 0 Å². The van der Waals surface area contributed by atoms with Gasteiger partial charge in [-0.25, -0.2) is 0 Å². The van der Waals surface area contributed by atoms with Crippen LogP contribution in [0.1, 0.15) is 54.8 Å².